The topological polar surface area (TPSA) is 49.4 Å². The third-order valence-corrected chi connectivity index (χ3v) is 7.64. The van der Waals surface area contributed by atoms with Crippen LogP contribution in [-0.4, -0.2) is 21.7 Å². The van der Waals surface area contributed by atoms with Crippen molar-refractivity contribution in [2.45, 2.75) is 45.1 Å². The summed E-state index contributed by atoms with van der Waals surface area (Å²) in [5.41, 5.74) is 5.02. The van der Waals surface area contributed by atoms with Crippen LogP contribution in [0.3, 0.4) is 0 Å². The molecule has 0 radical (unpaired) electrons. The van der Waals surface area contributed by atoms with Crippen molar-refractivity contribution in [1.29, 1.82) is 0 Å². The van der Waals surface area contributed by atoms with Gasteiger partial charge in [-0.1, -0.05) is 72.9 Å². The van der Waals surface area contributed by atoms with Crippen LogP contribution in [0.4, 0.5) is 5.69 Å². The van der Waals surface area contributed by atoms with Crippen LogP contribution in [0.15, 0.2) is 47.4 Å². The number of thiocarbonyl (C=S) groups is 1. The second kappa shape index (κ2) is 6.28. The molecule has 6 heteroatoms. The number of benzene rings is 2. The molecule has 2 aromatic rings. The molecule has 3 aliphatic heterocycles. The molecule has 1 unspecified atom stereocenters. The number of carbonyl (C=O) groups is 2. The van der Waals surface area contributed by atoms with Crippen LogP contribution in [-0.2, 0) is 15.0 Å². The highest BCUT2D eigenvalue weighted by molar-refractivity contribution is 8.27. The first-order valence-corrected chi connectivity index (χ1v) is 11.2. The first-order chi connectivity index (χ1) is 14.1. The van der Waals surface area contributed by atoms with Gasteiger partial charge in [-0.25, -0.2) is 0 Å². The first kappa shape index (κ1) is 19.5. The molecule has 0 bridgehead atoms. The SMILES string of the molecule is Cc1cc2c3c(c1)C(C)(c1ccccc1)CC(C)(C)N3C(=O)C2=C1SC(=S)NC1=O. The maximum atomic E-state index is 13.7. The Balaban J connectivity index is 1.86. The van der Waals surface area contributed by atoms with Gasteiger partial charge >= 0.3 is 0 Å². The third-order valence-electron chi connectivity index (χ3n) is 6.40. The van der Waals surface area contributed by atoms with Gasteiger partial charge in [0.15, 0.2) is 0 Å². The molecule has 1 fully saturated rings. The minimum atomic E-state index is -0.415. The molecule has 3 aliphatic rings. The molecule has 2 aromatic carbocycles. The highest BCUT2D eigenvalue weighted by atomic mass is 32.2. The maximum absolute atomic E-state index is 13.7. The number of carbonyl (C=O) groups excluding carboxylic acids is 2. The number of nitrogens with one attached hydrogen (secondary N) is 1. The Morgan fingerprint density at radius 2 is 1.80 bits per heavy atom. The monoisotopic (exact) mass is 434 g/mol. The van der Waals surface area contributed by atoms with Crippen molar-refractivity contribution in [2.75, 3.05) is 4.90 Å². The molecule has 0 saturated carbocycles. The zero-order valence-corrected chi connectivity index (χ0v) is 19.0. The Hall–Kier alpha value is -2.44. The van der Waals surface area contributed by atoms with E-state index in [1.165, 1.54) is 17.3 Å². The number of hydrogen-bond donors (Lipinski definition) is 1. The lowest BCUT2D eigenvalue weighted by Crippen LogP contribution is -2.54. The van der Waals surface area contributed by atoms with Gasteiger partial charge in [-0.05, 0) is 44.4 Å². The van der Waals surface area contributed by atoms with E-state index in [9.17, 15) is 9.59 Å². The van der Waals surface area contributed by atoms with Gasteiger partial charge in [-0.3, -0.25) is 9.59 Å². The summed E-state index contributed by atoms with van der Waals surface area (Å²) in [6.45, 7) is 8.53. The van der Waals surface area contributed by atoms with Crippen LogP contribution in [0.2, 0.25) is 0 Å². The molecular formula is C24H22N2O2S2. The van der Waals surface area contributed by atoms with Gasteiger partial charge in [-0.2, -0.15) is 0 Å². The van der Waals surface area contributed by atoms with Gasteiger partial charge in [0.2, 0.25) is 0 Å². The average Bonchev–Trinajstić information content (AvgIpc) is 3.15. The second-order valence-corrected chi connectivity index (χ2v) is 10.8. The largest absolute Gasteiger partial charge is 0.307 e. The highest BCUT2D eigenvalue weighted by Gasteiger charge is 2.53. The number of aryl methyl sites for hydroxylation is 1. The van der Waals surface area contributed by atoms with Crippen LogP contribution in [0.1, 0.15) is 49.4 Å². The van der Waals surface area contributed by atoms with Crippen molar-refractivity contribution in [3.8, 4) is 0 Å². The van der Waals surface area contributed by atoms with Gasteiger partial charge in [0.25, 0.3) is 11.8 Å². The van der Waals surface area contributed by atoms with E-state index in [1.807, 2.05) is 24.0 Å². The smallest absolute Gasteiger partial charge is 0.264 e. The third kappa shape index (κ3) is 2.56. The lowest BCUT2D eigenvalue weighted by molar-refractivity contribution is -0.116. The summed E-state index contributed by atoms with van der Waals surface area (Å²) < 4.78 is 0.395. The van der Waals surface area contributed by atoms with E-state index >= 15 is 0 Å². The van der Waals surface area contributed by atoms with Crippen LogP contribution < -0.4 is 10.2 Å². The van der Waals surface area contributed by atoms with E-state index in [1.54, 1.807) is 0 Å². The van der Waals surface area contributed by atoms with E-state index in [4.69, 9.17) is 12.2 Å². The van der Waals surface area contributed by atoms with E-state index in [0.29, 0.717) is 14.8 Å². The predicted octanol–water partition coefficient (Wildman–Crippen LogP) is 4.69. The number of anilines is 1. The number of nitrogens with zero attached hydrogens (tertiary/aromatic N) is 1. The lowest BCUT2D eigenvalue weighted by Gasteiger charge is -2.50. The zero-order valence-electron chi connectivity index (χ0n) is 17.3. The summed E-state index contributed by atoms with van der Waals surface area (Å²) in [5.74, 6) is -0.397. The molecular weight excluding hydrogens is 412 g/mol. The fourth-order valence-electron chi connectivity index (χ4n) is 5.34. The van der Waals surface area contributed by atoms with Crippen LogP contribution in [0.5, 0.6) is 0 Å². The predicted molar refractivity (Wildman–Crippen MR) is 126 cm³/mol. The van der Waals surface area contributed by atoms with Crippen LogP contribution >= 0.6 is 24.0 Å². The molecule has 1 atom stereocenters. The standard InChI is InChI=1S/C24H22N2O2S2/c1-13-10-15-17(19-20(27)25-22(29)30-19)21(28)26-18(15)16(11-13)24(4,12-23(26,2)3)14-8-6-5-7-9-14/h5-11H,12H2,1-4H3,(H,25,27,29). The molecule has 152 valence electrons. The Morgan fingerprint density at radius 1 is 1.10 bits per heavy atom. The van der Waals surface area contributed by atoms with Crippen molar-refractivity contribution in [3.63, 3.8) is 0 Å². The van der Waals surface area contributed by atoms with Crippen LogP contribution in [0.25, 0.3) is 5.57 Å². The molecule has 1 N–H and O–H groups in total. The summed E-state index contributed by atoms with van der Waals surface area (Å²) in [7, 11) is 0. The molecule has 2 amide bonds. The zero-order chi connectivity index (χ0) is 21.4. The van der Waals surface area contributed by atoms with Gasteiger partial charge < -0.3 is 10.2 Å². The maximum Gasteiger partial charge on any atom is 0.264 e. The quantitative estimate of drug-likeness (QED) is 0.523. The Morgan fingerprint density at radius 3 is 2.43 bits per heavy atom. The van der Waals surface area contributed by atoms with Crippen molar-refractivity contribution >= 4 is 51.4 Å². The van der Waals surface area contributed by atoms with Gasteiger partial charge in [0, 0.05) is 16.5 Å². The van der Waals surface area contributed by atoms with Gasteiger partial charge in [0.1, 0.15) is 4.32 Å². The number of thioether (sulfide) groups is 1. The van der Waals surface area contributed by atoms with Crippen molar-refractivity contribution in [2.24, 2.45) is 0 Å². The van der Waals surface area contributed by atoms with Crippen molar-refractivity contribution in [1.82, 2.24) is 5.32 Å². The van der Waals surface area contributed by atoms with Gasteiger partial charge in [0.05, 0.1) is 16.2 Å². The fourth-order valence-corrected chi connectivity index (χ4v) is 6.45. The average molecular weight is 435 g/mol. The number of rotatable bonds is 1. The summed E-state index contributed by atoms with van der Waals surface area (Å²) >= 11 is 6.37. The number of hydrogen-bond acceptors (Lipinski definition) is 4. The first-order valence-electron chi connectivity index (χ1n) is 9.96. The number of amides is 2. The van der Waals surface area contributed by atoms with Gasteiger partial charge in [-0.15, -0.1) is 0 Å². The lowest BCUT2D eigenvalue weighted by atomic mass is 9.65. The molecule has 3 heterocycles. The summed E-state index contributed by atoms with van der Waals surface area (Å²) in [6.07, 6.45) is 0.784. The summed E-state index contributed by atoms with van der Waals surface area (Å²) in [5, 5.41) is 2.66. The Labute approximate surface area is 185 Å². The summed E-state index contributed by atoms with van der Waals surface area (Å²) in [6, 6.07) is 14.7. The van der Waals surface area contributed by atoms with E-state index in [0.717, 1.165) is 28.8 Å². The van der Waals surface area contributed by atoms with Crippen molar-refractivity contribution < 1.29 is 9.59 Å². The van der Waals surface area contributed by atoms with Crippen LogP contribution in [0, 0.1) is 6.92 Å². The molecule has 5 rings (SSSR count). The molecule has 30 heavy (non-hydrogen) atoms. The molecule has 4 nitrogen and oxygen atoms in total. The van der Waals surface area contributed by atoms with E-state index < -0.39 is 5.54 Å². The van der Waals surface area contributed by atoms with E-state index in [-0.39, 0.29) is 17.2 Å². The molecule has 0 aromatic heterocycles. The molecule has 1 saturated heterocycles. The minimum Gasteiger partial charge on any atom is -0.307 e. The Kier molecular flexibility index (Phi) is 4.09. The normalized spacial score (nSPS) is 26.8. The fraction of sp³-hybridized carbons (Fsp3) is 0.292. The van der Waals surface area contributed by atoms with Crippen molar-refractivity contribution in [3.05, 3.63) is 69.6 Å². The Bertz CT molecular complexity index is 1180. The van der Waals surface area contributed by atoms with E-state index in [2.05, 4.69) is 56.4 Å². The second-order valence-electron chi connectivity index (χ2n) is 9.08. The summed E-state index contributed by atoms with van der Waals surface area (Å²) in [4.78, 5) is 28.6. The molecule has 0 spiro atoms. The minimum absolute atomic E-state index is 0.112. The molecule has 0 aliphatic carbocycles. The highest BCUT2D eigenvalue weighted by Crippen LogP contribution is 2.57.